The maximum atomic E-state index is 13.6. The highest BCUT2D eigenvalue weighted by molar-refractivity contribution is 9.10. The molecule has 2 aromatic carbocycles. The first kappa shape index (κ1) is 86.4. The molecule has 0 heterocycles. The lowest BCUT2D eigenvalue weighted by Gasteiger charge is -2.61. The van der Waals surface area contributed by atoms with Gasteiger partial charge < -0.3 is 19.7 Å². The Kier molecular flexibility index (Phi) is 31.3. The van der Waals surface area contributed by atoms with E-state index in [0.29, 0.717) is 40.3 Å². The van der Waals surface area contributed by atoms with Crippen LogP contribution >= 0.6 is 15.9 Å². The van der Waals surface area contributed by atoms with Gasteiger partial charge in [-0.1, -0.05) is 51.1 Å². The summed E-state index contributed by atoms with van der Waals surface area (Å²) in [6.07, 6.45) is 6.95. The van der Waals surface area contributed by atoms with Crippen LogP contribution in [0.4, 0.5) is 0 Å². The molecule has 8 aliphatic rings. The number of ether oxygens (including phenoxy) is 2. The number of fused-ring (bicyclic) bond motifs is 10. The Hall–Kier alpha value is -0.512. The lowest BCUT2D eigenvalue weighted by molar-refractivity contribution is -0.182. The molecule has 470 valence electrons. The highest BCUT2D eigenvalue weighted by Gasteiger charge is 2.64. The summed E-state index contributed by atoms with van der Waals surface area (Å²) in [5.74, 6) is 8.26. The van der Waals surface area contributed by atoms with Crippen molar-refractivity contribution in [2.75, 3.05) is 28.4 Å². The number of ketones is 1. The molecule has 2 N–H and O–H groups in total. The van der Waals surface area contributed by atoms with Crippen molar-refractivity contribution in [3.8, 4) is 11.5 Å². The average molecular weight is 1330 g/mol. The Bertz CT molecular complexity index is 2750. The Morgan fingerprint density at radius 1 is 0.429 bits per heavy atom. The molecule has 10 rings (SSSR count). The van der Waals surface area contributed by atoms with Gasteiger partial charge in [0.05, 0.1) is 32.5 Å². The fraction of sp³-hybridized carbons (Fsp3) is 0.763. The standard InChI is InChI=1S/C28H40O3.C23H39NO3.C7H7BrO.CH4.B30/c1-26(30)15-16-27(2)19(17-26)7-10-21-22-11-12-24(28(22,3)14-13-23(21)27)25(29)18-5-8-20(31-4)9-6-18;1-21(26)12-13-22(2)15(14-21)6-7-16-17-8-9-19(20(25)24(4)27-5)23(17,3)11-10-18(16)22;1-9-7-4-2-6(8)3-5-7;;1-17(2)25(18(3)4)29(26(19(5)6)20(7)8)30(27(21(9)10)22(11)12)28(23(13)14)24(15)16/h5-6,8-9,19,21-24,30H,7,10-17H2,1-4H3;15-19,26H,6-14H2,1-5H3;2-5H,1H3;1H4;/t19-,21-,22-,23-,24+,26+,27-,28-;15-,16-,17-,18-,19+,21+,22-,23-;;;/m00.../s1. The van der Waals surface area contributed by atoms with Gasteiger partial charge in [-0.15, -0.1) is 0 Å². The number of nitrogens with zero attached hydrogens (tertiary/aromatic N) is 1. The summed E-state index contributed by atoms with van der Waals surface area (Å²) in [6.45, 7) is 14.0. The number of hydrogen-bond acceptors (Lipinski definition) is 7. The number of Topliss-reactive ketones (excluding diaryl/α,β-unsaturated/α-hetero) is 1. The maximum absolute atomic E-state index is 13.6. The van der Waals surface area contributed by atoms with Crippen molar-refractivity contribution in [2.24, 2.45) is 80.8 Å². The fourth-order valence-electron chi connectivity index (χ4n) is 22.2. The Balaban J connectivity index is 0.000000217. The molecule has 1 amide bonds. The monoisotopic (exact) mass is 1330 g/mol. The van der Waals surface area contributed by atoms with Gasteiger partial charge in [0.25, 0.3) is 0 Å². The quantitative estimate of drug-likeness (QED) is 0.127. The molecule has 32 radical (unpaired) electrons. The molecular formula is C59H90B30BrNO7. The van der Waals surface area contributed by atoms with E-state index in [2.05, 4.69) is 43.6 Å². The third kappa shape index (κ3) is 18.7. The number of carbonyl (C=O) groups is 2. The molecule has 0 bridgehead atoms. The molecule has 8 aliphatic carbocycles. The summed E-state index contributed by atoms with van der Waals surface area (Å²) in [7, 11) is 103. The number of amides is 1. The fourth-order valence-corrected chi connectivity index (χ4v) is 22.4. The molecule has 0 saturated heterocycles. The topological polar surface area (TPSA) is 106 Å². The molecule has 2 aromatic rings. The van der Waals surface area contributed by atoms with Gasteiger partial charge >= 0.3 is 0 Å². The third-order valence-corrected chi connectivity index (χ3v) is 27.8. The molecule has 0 spiro atoms. The van der Waals surface area contributed by atoms with Crippen LogP contribution in [0, 0.1) is 80.8 Å². The van der Waals surface area contributed by atoms with Crippen LogP contribution < -0.4 is 9.47 Å². The van der Waals surface area contributed by atoms with E-state index in [0.717, 1.165) is 83.7 Å². The predicted molar refractivity (Wildman–Crippen MR) is 449 cm³/mol. The van der Waals surface area contributed by atoms with Gasteiger partial charge in [0, 0.05) is 242 Å². The van der Waals surface area contributed by atoms with Crippen molar-refractivity contribution < 1.29 is 34.1 Å². The van der Waals surface area contributed by atoms with Crippen LogP contribution in [0.2, 0.25) is 0 Å². The molecule has 98 heavy (non-hydrogen) atoms. The second-order valence-corrected chi connectivity index (χ2v) is 33.8. The summed E-state index contributed by atoms with van der Waals surface area (Å²) < 4.78 is 11.3. The summed E-state index contributed by atoms with van der Waals surface area (Å²) >= 11 is 3.32. The van der Waals surface area contributed by atoms with E-state index in [1.807, 2.05) is 62.4 Å². The second kappa shape index (κ2) is 35.5. The first-order valence-corrected chi connectivity index (χ1v) is 36.8. The predicted octanol–water partition coefficient (Wildman–Crippen LogP) is 2.37. The third-order valence-electron chi connectivity index (χ3n) is 27.3. The average Bonchev–Trinajstić information content (AvgIpc) is 1.38. The first-order chi connectivity index (χ1) is 45.2. The number of carbonyl (C=O) groups excluding carboxylic acids is 2. The van der Waals surface area contributed by atoms with Gasteiger partial charge in [0.2, 0.25) is 5.91 Å². The minimum atomic E-state index is -1.07. The molecule has 8 saturated carbocycles. The molecule has 39 heteroatoms. The number of aliphatic hydroxyl groups is 2. The van der Waals surface area contributed by atoms with Crippen LogP contribution in [0.5, 0.6) is 11.5 Å². The first-order valence-electron chi connectivity index (χ1n) is 36.0. The lowest BCUT2D eigenvalue weighted by atomic mass is 8.31. The highest BCUT2D eigenvalue weighted by atomic mass is 79.9. The van der Waals surface area contributed by atoms with Gasteiger partial charge in [-0.3, -0.25) is 14.4 Å². The number of halogens is 1. The zero-order chi connectivity index (χ0) is 72.4. The highest BCUT2D eigenvalue weighted by Crippen LogP contribution is 2.70. The SMILES string of the molecule is C.CON(C)C(=O)[C@H]1CC[C@H]2[C@@H]3CC[C@H]4C[C@](C)(O)CC[C@]4(C)[C@H]3CC[C@]12C.COc1ccc(Br)cc1.COc1ccc(C(=O)[C@H]2CC[C@H]3[C@@H]4CC[C@H]5C[C@](C)(O)CC[C@]5(C)[C@H]4CC[C@]23C)cc1.[B]B([B])B(B([B])[B])B(B(B([B])[B])B([B])[B])B(B(B([B])[B])B([B])[B])B(B([B])[B])B([B])[B]. The maximum Gasteiger partial charge on any atom is 0.249 e. The van der Waals surface area contributed by atoms with Crippen molar-refractivity contribution in [3.05, 3.63) is 58.6 Å². The molecule has 16 atom stereocenters. The zero-order valence-corrected chi connectivity index (χ0v) is 61.8. The van der Waals surface area contributed by atoms with Crippen molar-refractivity contribution in [2.45, 2.75) is 176 Å². The number of rotatable bonds is 19. The Morgan fingerprint density at radius 2 is 0.745 bits per heavy atom. The summed E-state index contributed by atoms with van der Waals surface area (Å²) in [6, 6.07) is 15.4. The smallest absolute Gasteiger partial charge is 0.249 e. The number of hydrogen-bond donors (Lipinski definition) is 2. The van der Waals surface area contributed by atoms with Crippen LogP contribution in [0.1, 0.15) is 175 Å². The molecule has 0 aromatic heterocycles. The van der Waals surface area contributed by atoms with Crippen LogP contribution in [-0.2, 0) is 9.63 Å². The minimum Gasteiger partial charge on any atom is -0.497 e. The van der Waals surface area contributed by atoms with Crippen molar-refractivity contribution in [3.63, 3.8) is 0 Å². The van der Waals surface area contributed by atoms with E-state index >= 15 is 0 Å². The van der Waals surface area contributed by atoms with Crippen molar-refractivity contribution >= 4 is 241 Å². The largest absolute Gasteiger partial charge is 0.497 e. The van der Waals surface area contributed by atoms with E-state index in [1.54, 1.807) is 28.4 Å². The molecule has 8 nitrogen and oxygen atoms in total. The van der Waals surface area contributed by atoms with Gasteiger partial charge in [0.15, 0.2) is 5.78 Å². The Labute approximate surface area is 630 Å². The summed E-state index contributed by atoms with van der Waals surface area (Å²) in [5, 5.41) is 22.8. The van der Waals surface area contributed by atoms with Crippen LogP contribution in [0.15, 0.2) is 53.0 Å². The number of methoxy groups -OCH3 is 2. The Morgan fingerprint density at radius 3 is 1.07 bits per heavy atom. The zero-order valence-electron chi connectivity index (χ0n) is 60.2. The summed E-state index contributed by atoms with van der Waals surface area (Å²) in [4.78, 5) is 31.7. The molecule has 8 fully saturated rings. The number of benzene rings is 2. The normalized spacial score (nSPS) is 32.7. The van der Waals surface area contributed by atoms with E-state index in [-0.39, 0.29) is 36.0 Å². The van der Waals surface area contributed by atoms with Crippen molar-refractivity contribution in [1.29, 1.82) is 0 Å². The van der Waals surface area contributed by atoms with Crippen LogP contribution in [-0.4, -0.2) is 280 Å². The molecular weight excluding hydrogens is 1240 g/mol. The molecule has 0 unspecified atom stereocenters. The van der Waals surface area contributed by atoms with Crippen LogP contribution in [0.25, 0.3) is 0 Å². The van der Waals surface area contributed by atoms with Gasteiger partial charge in [0.1, 0.15) is 11.5 Å². The van der Waals surface area contributed by atoms with Gasteiger partial charge in [-0.05, 0) is 247 Å². The number of hydroxylamine groups is 2. The lowest BCUT2D eigenvalue weighted by Crippen LogP contribution is -2.88. The van der Waals surface area contributed by atoms with Crippen LogP contribution in [0.3, 0.4) is 0 Å². The van der Waals surface area contributed by atoms with E-state index < -0.39 is 101 Å². The minimum absolute atomic E-state index is 0. The van der Waals surface area contributed by atoms with E-state index in [4.69, 9.17) is 138 Å². The van der Waals surface area contributed by atoms with Crippen molar-refractivity contribution in [1.82, 2.24) is 5.06 Å². The summed E-state index contributed by atoms with van der Waals surface area (Å²) in [5.41, 5.74) is 0.956. The van der Waals surface area contributed by atoms with E-state index in [9.17, 15) is 19.8 Å². The van der Waals surface area contributed by atoms with E-state index in [1.165, 1.54) is 82.1 Å². The van der Waals surface area contributed by atoms with Gasteiger partial charge in [-0.25, -0.2) is 5.06 Å². The van der Waals surface area contributed by atoms with Gasteiger partial charge in [-0.2, -0.15) is 0 Å². The second-order valence-electron chi connectivity index (χ2n) is 32.9. The molecule has 0 aliphatic heterocycles.